The van der Waals surface area contributed by atoms with Gasteiger partial charge in [0.2, 0.25) is 5.91 Å². The number of nitrogens with one attached hydrogen (secondary N) is 1. The van der Waals surface area contributed by atoms with Gasteiger partial charge in [0.1, 0.15) is 24.4 Å². The quantitative estimate of drug-likeness (QED) is 0.390. The number of amides is 1. The fourth-order valence-corrected chi connectivity index (χ4v) is 5.24. The molecule has 2 aliphatic heterocycles. The number of alkyl halides is 1. The van der Waals surface area contributed by atoms with Gasteiger partial charge < -0.3 is 25.4 Å². The van der Waals surface area contributed by atoms with Crippen LogP contribution in [0.2, 0.25) is 0 Å². The second-order valence-electron chi connectivity index (χ2n) is 8.00. The van der Waals surface area contributed by atoms with Crippen LogP contribution in [-0.4, -0.2) is 97.5 Å². The highest BCUT2D eigenvalue weighted by Gasteiger charge is 2.49. The van der Waals surface area contributed by atoms with Gasteiger partial charge in [-0.2, -0.15) is 0 Å². The molecule has 10 heteroatoms. The van der Waals surface area contributed by atoms with Crippen LogP contribution in [0.3, 0.4) is 0 Å². The average molecular weight is 441 g/mol. The van der Waals surface area contributed by atoms with Crippen molar-refractivity contribution in [1.29, 1.82) is 0 Å². The minimum absolute atomic E-state index is 0.218. The molecule has 164 valence electrons. The molecule has 0 aromatic carbocycles. The van der Waals surface area contributed by atoms with Gasteiger partial charge in [-0.25, -0.2) is 0 Å². The van der Waals surface area contributed by atoms with Crippen LogP contribution < -0.4 is 5.32 Å². The van der Waals surface area contributed by atoms with E-state index in [2.05, 4.69) is 12.2 Å². The normalized spacial score (nSPS) is 40.1. The lowest BCUT2D eigenvalue weighted by molar-refractivity contribution is -0.206. The van der Waals surface area contributed by atoms with Crippen LogP contribution in [0.1, 0.15) is 33.1 Å². The predicted molar refractivity (Wildman–Crippen MR) is 107 cm³/mol. The van der Waals surface area contributed by atoms with Crippen molar-refractivity contribution in [2.24, 2.45) is 5.92 Å². The zero-order valence-corrected chi connectivity index (χ0v) is 18.4. The Labute approximate surface area is 174 Å². The number of nitrogens with zero attached hydrogens (tertiary/aromatic N) is 1. The second kappa shape index (κ2) is 10.1. The molecule has 4 N–H and O–H groups in total. The number of carbonyl (C=O) groups excluding carboxylic acids is 1. The molecule has 0 bridgehead atoms. The first kappa shape index (κ1) is 24.0. The molecular formula is C18H33ClN2O6S. The summed E-state index contributed by atoms with van der Waals surface area (Å²) in [6.07, 6.45) is -1.41. The molecule has 8 nitrogen and oxygen atoms in total. The molecule has 0 aromatic rings. The predicted octanol–water partition coefficient (Wildman–Crippen LogP) is -0.595. The van der Waals surface area contributed by atoms with Crippen LogP contribution in [0.5, 0.6) is 0 Å². The number of rotatable bonds is 7. The zero-order chi connectivity index (χ0) is 21.2. The van der Waals surface area contributed by atoms with E-state index in [0.717, 1.165) is 25.8 Å². The molecule has 1 amide bonds. The summed E-state index contributed by atoms with van der Waals surface area (Å²) in [6, 6.07) is -1.13. The Morgan fingerprint density at radius 3 is 2.50 bits per heavy atom. The Hall–Kier alpha value is -0.290. The molecule has 0 saturated carbocycles. The maximum atomic E-state index is 12.9. The SMILES string of the molecule is CCC[C@@H]1C[C@@H](C(=O)N[C@@H]([C@H]2O[C@H]([S@](C)=O)[C@H](O)[C@@H](O)[C@H]2O)[C@H](C)Cl)N(C)C1. The van der Waals surface area contributed by atoms with Crippen LogP contribution in [0.25, 0.3) is 0 Å². The molecule has 10 atom stereocenters. The first-order chi connectivity index (χ1) is 13.1. The fraction of sp³-hybridized carbons (Fsp3) is 0.944. The number of hydrogen-bond donors (Lipinski definition) is 4. The summed E-state index contributed by atoms with van der Waals surface area (Å²) in [7, 11) is 0.301. The van der Waals surface area contributed by atoms with Crippen molar-refractivity contribution in [2.75, 3.05) is 19.8 Å². The van der Waals surface area contributed by atoms with Gasteiger partial charge in [-0.15, -0.1) is 11.6 Å². The van der Waals surface area contributed by atoms with Gasteiger partial charge in [0.25, 0.3) is 0 Å². The summed E-state index contributed by atoms with van der Waals surface area (Å²) in [4.78, 5) is 14.9. The van der Waals surface area contributed by atoms with Crippen molar-refractivity contribution in [3.05, 3.63) is 0 Å². The number of carbonyl (C=O) groups is 1. The van der Waals surface area contributed by atoms with Crippen molar-refractivity contribution >= 4 is 28.3 Å². The number of ether oxygens (including phenoxy) is 1. The Kier molecular flexibility index (Phi) is 8.69. The molecule has 0 aliphatic carbocycles. The van der Waals surface area contributed by atoms with E-state index < -0.39 is 52.1 Å². The maximum Gasteiger partial charge on any atom is 0.237 e. The average Bonchev–Trinajstić information content (AvgIpc) is 2.98. The molecule has 0 unspecified atom stereocenters. The van der Waals surface area contributed by atoms with Gasteiger partial charge in [-0.3, -0.25) is 13.9 Å². The van der Waals surface area contributed by atoms with Gasteiger partial charge in [0.15, 0.2) is 5.44 Å². The number of likely N-dealkylation sites (tertiary alicyclic amines) is 1. The van der Waals surface area contributed by atoms with Gasteiger partial charge in [0.05, 0.1) is 28.3 Å². The number of aliphatic hydroxyl groups is 3. The van der Waals surface area contributed by atoms with E-state index in [1.165, 1.54) is 6.26 Å². The largest absolute Gasteiger partial charge is 0.388 e. The van der Waals surface area contributed by atoms with Crippen LogP contribution in [-0.2, 0) is 20.3 Å². The standard InChI is InChI=1S/C18H33ClN2O6S/c1-5-6-10-7-11(21(3)8-10)17(25)20-12(9(2)19)16-14(23)13(22)15(24)18(27-16)28(4)26/h9-16,18,22-24H,5-8H2,1-4H3,(H,20,25)/t9-,10+,11-,12+,13-,14+,15+,16+,18+,28-/m0/s1. The number of likely N-dealkylation sites (N-methyl/N-ethyl adjacent to an activating group) is 1. The van der Waals surface area contributed by atoms with Gasteiger partial charge >= 0.3 is 0 Å². The highest BCUT2D eigenvalue weighted by molar-refractivity contribution is 7.84. The van der Waals surface area contributed by atoms with Crippen molar-refractivity contribution < 1.29 is 29.1 Å². The Bertz CT molecular complexity index is 568. The highest BCUT2D eigenvalue weighted by atomic mass is 35.5. The summed E-state index contributed by atoms with van der Waals surface area (Å²) in [5, 5.41) is 32.8. The minimum Gasteiger partial charge on any atom is -0.388 e. The van der Waals surface area contributed by atoms with E-state index in [-0.39, 0.29) is 11.9 Å². The summed E-state index contributed by atoms with van der Waals surface area (Å²) in [5.74, 6) is 0.238. The van der Waals surface area contributed by atoms with Crippen molar-refractivity contribution in [3.8, 4) is 0 Å². The third-order valence-electron chi connectivity index (χ3n) is 5.73. The van der Waals surface area contributed by atoms with E-state index in [9.17, 15) is 24.3 Å². The molecule has 0 aromatic heterocycles. The van der Waals surface area contributed by atoms with Crippen LogP contribution >= 0.6 is 11.6 Å². The summed E-state index contributed by atoms with van der Waals surface area (Å²) in [6.45, 7) is 4.61. The molecular weight excluding hydrogens is 408 g/mol. The highest BCUT2D eigenvalue weighted by Crippen LogP contribution is 2.29. The molecule has 2 rings (SSSR count). The van der Waals surface area contributed by atoms with E-state index in [0.29, 0.717) is 5.92 Å². The van der Waals surface area contributed by atoms with E-state index in [1.54, 1.807) is 6.92 Å². The van der Waals surface area contributed by atoms with E-state index >= 15 is 0 Å². The Morgan fingerprint density at radius 1 is 1.32 bits per heavy atom. The van der Waals surface area contributed by atoms with Crippen LogP contribution in [0.15, 0.2) is 0 Å². The summed E-state index contributed by atoms with van der Waals surface area (Å²) < 4.78 is 17.5. The van der Waals surface area contributed by atoms with Gasteiger partial charge in [-0.1, -0.05) is 13.3 Å². The maximum absolute atomic E-state index is 12.9. The van der Waals surface area contributed by atoms with Crippen molar-refractivity contribution in [2.45, 2.75) is 80.4 Å². The number of halogens is 1. The molecule has 2 aliphatic rings. The third-order valence-corrected chi connectivity index (χ3v) is 7.04. The molecule has 0 spiro atoms. The Morgan fingerprint density at radius 2 is 1.96 bits per heavy atom. The van der Waals surface area contributed by atoms with Gasteiger partial charge in [-0.05, 0) is 32.7 Å². The first-order valence-corrected chi connectivity index (χ1v) is 11.8. The number of aliphatic hydroxyl groups excluding tert-OH is 3. The molecule has 28 heavy (non-hydrogen) atoms. The zero-order valence-electron chi connectivity index (χ0n) is 16.8. The molecule has 2 saturated heterocycles. The van der Waals surface area contributed by atoms with Crippen molar-refractivity contribution in [3.63, 3.8) is 0 Å². The molecule has 0 radical (unpaired) electrons. The third kappa shape index (κ3) is 5.24. The second-order valence-corrected chi connectivity index (χ2v) is 10.1. The smallest absolute Gasteiger partial charge is 0.237 e. The van der Waals surface area contributed by atoms with E-state index in [1.807, 2.05) is 11.9 Å². The summed E-state index contributed by atoms with van der Waals surface area (Å²) in [5.41, 5.74) is -1.18. The topological polar surface area (TPSA) is 119 Å². The van der Waals surface area contributed by atoms with Gasteiger partial charge in [0, 0.05) is 12.8 Å². The summed E-state index contributed by atoms with van der Waals surface area (Å²) >= 11 is 6.28. The molecule has 2 fully saturated rings. The van der Waals surface area contributed by atoms with E-state index in [4.69, 9.17) is 16.3 Å². The minimum atomic E-state index is -1.60. The fourth-order valence-electron chi connectivity index (χ4n) is 4.19. The number of hydrogen-bond acceptors (Lipinski definition) is 7. The Balaban J connectivity index is 2.14. The molecule has 2 heterocycles. The van der Waals surface area contributed by atoms with Crippen LogP contribution in [0, 0.1) is 5.92 Å². The lowest BCUT2D eigenvalue weighted by atomic mass is 9.92. The van der Waals surface area contributed by atoms with Crippen molar-refractivity contribution in [1.82, 2.24) is 10.2 Å². The monoisotopic (exact) mass is 440 g/mol. The van der Waals surface area contributed by atoms with Crippen LogP contribution in [0.4, 0.5) is 0 Å². The lowest BCUT2D eigenvalue weighted by Gasteiger charge is -2.43. The lowest BCUT2D eigenvalue weighted by Crippen LogP contribution is -2.66. The first-order valence-electron chi connectivity index (χ1n) is 9.75.